The van der Waals surface area contributed by atoms with Gasteiger partial charge in [-0.25, -0.2) is 0 Å². The average molecular weight is 553 g/mol. The first-order chi connectivity index (χ1) is 12.6. The number of benzene rings is 2. The Morgan fingerprint density at radius 2 is 1.70 bits per heavy atom. The molecule has 2 aromatic carbocycles. The number of hydrogen-bond donors (Lipinski definition) is 0. The van der Waals surface area contributed by atoms with Gasteiger partial charge in [-0.1, -0.05) is 51.5 Å². The molecule has 0 saturated carbocycles. The molecule has 27 heavy (non-hydrogen) atoms. The molecule has 0 bridgehead atoms. The molecule has 0 unspecified atom stereocenters. The van der Waals surface area contributed by atoms with Gasteiger partial charge in [-0.2, -0.15) is 11.3 Å². The van der Waals surface area contributed by atoms with Gasteiger partial charge in [0.15, 0.2) is 0 Å². The second-order valence-corrected chi connectivity index (χ2v) is 7.99. The molecule has 141 valence electrons. The summed E-state index contributed by atoms with van der Waals surface area (Å²) >= 11 is 1.64. The number of nitrogens with zero attached hydrogens (tertiary/aromatic N) is 3. The van der Waals surface area contributed by atoms with Crippen molar-refractivity contribution in [3.8, 4) is 17.1 Å². The van der Waals surface area contributed by atoms with Crippen molar-refractivity contribution in [1.29, 1.82) is 0 Å². The van der Waals surface area contributed by atoms with Crippen molar-refractivity contribution in [3.05, 3.63) is 65.4 Å². The summed E-state index contributed by atoms with van der Waals surface area (Å²) in [6.07, 6.45) is 3.94. The first-order valence-electron chi connectivity index (χ1n) is 8.98. The molecule has 3 nitrogen and oxygen atoms in total. The third-order valence-corrected chi connectivity index (χ3v) is 5.60. The van der Waals surface area contributed by atoms with Crippen molar-refractivity contribution in [1.82, 2.24) is 14.5 Å². The molecule has 0 aliphatic rings. The van der Waals surface area contributed by atoms with Gasteiger partial charge in [0.25, 0.3) is 0 Å². The van der Waals surface area contributed by atoms with E-state index in [0.29, 0.717) is 11.8 Å². The van der Waals surface area contributed by atoms with Crippen LogP contribution in [0.3, 0.4) is 0 Å². The molecule has 0 aliphatic heterocycles. The fraction of sp³-hybridized carbons (Fsp3) is 0.273. The number of para-hydroxylation sites is 1. The average Bonchev–Trinajstić information content (AvgIpc) is 3.29. The minimum atomic E-state index is 0. The van der Waals surface area contributed by atoms with E-state index in [-0.39, 0.29) is 20.1 Å². The summed E-state index contributed by atoms with van der Waals surface area (Å²) in [4.78, 5) is 9.15. The third kappa shape index (κ3) is 3.52. The predicted molar refractivity (Wildman–Crippen MR) is 109 cm³/mol. The van der Waals surface area contributed by atoms with E-state index in [9.17, 15) is 0 Å². The minimum absolute atomic E-state index is 0. The Balaban J connectivity index is 0.00000210. The van der Waals surface area contributed by atoms with Gasteiger partial charge in [0.1, 0.15) is 0 Å². The van der Waals surface area contributed by atoms with E-state index in [0.717, 1.165) is 21.6 Å². The number of aromatic nitrogens is 3. The van der Waals surface area contributed by atoms with Gasteiger partial charge >= 0.3 is 0 Å². The minimum Gasteiger partial charge on any atom is -0.339 e. The molecular weight excluding hydrogens is 531 g/mol. The van der Waals surface area contributed by atoms with Crippen LogP contribution in [0.4, 0.5) is 0 Å². The normalized spacial score (nSPS) is 11.3. The molecule has 1 radical (unpaired) electrons. The molecule has 0 amide bonds. The fourth-order valence-corrected chi connectivity index (χ4v) is 4.24. The molecule has 2 heterocycles. The van der Waals surface area contributed by atoms with E-state index in [1.54, 1.807) is 11.3 Å². The molecule has 2 aromatic heterocycles. The fourth-order valence-electron chi connectivity index (χ4n) is 3.45. The van der Waals surface area contributed by atoms with Crippen LogP contribution in [0.25, 0.3) is 27.3 Å². The smallest absolute Gasteiger partial charge is 0.0692 e. The Hall–Kier alpha value is -1.81. The summed E-state index contributed by atoms with van der Waals surface area (Å²) in [6, 6.07) is 14.0. The summed E-state index contributed by atoms with van der Waals surface area (Å²) < 4.78 is 3.36. The molecule has 0 saturated heterocycles. The van der Waals surface area contributed by atoms with E-state index in [1.165, 1.54) is 16.8 Å². The summed E-state index contributed by atoms with van der Waals surface area (Å²) in [5, 5.41) is 0. The van der Waals surface area contributed by atoms with E-state index in [2.05, 4.69) is 67.7 Å². The summed E-state index contributed by atoms with van der Waals surface area (Å²) in [7, 11) is 0. The van der Waals surface area contributed by atoms with Gasteiger partial charge in [0.05, 0.1) is 11.3 Å². The predicted octanol–water partition coefficient (Wildman–Crippen LogP) is 6.19. The van der Waals surface area contributed by atoms with Crippen LogP contribution in [-0.2, 0) is 20.1 Å². The molecule has 0 fully saturated rings. The molecule has 0 N–H and O–H groups in total. The Bertz CT molecular complexity index is 1040. The zero-order valence-corrected chi connectivity index (χ0v) is 19.1. The van der Waals surface area contributed by atoms with Crippen molar-refractivity contribution >= 4 is 21.6 Å². The van der Waals surface area contributed by atoms with Crippen LogP contribution in [0.15, 0.2) is 48.2 Å². The molecule has 5 heteroatoms. The first-order valence-corrected chi connectivity index (χ1v) is 9.86. The summed E-state index contributed by atoms with van der Waals surface area (Å²) in [6.45, 7) is 8.98. The van der Waals surface area contributed by atoms with E-state index in [4.69, 9.17) is 4.98 Å². The Morgan fingerprint density at radius 3 is 2.37 bits per heavy atom. The number of hydrogen-bond acceptors (Lipinski definition) is 3. The standard InChI is InChI=1S/C22H22N3S.Ir/c1-14(2)16-7-5-8-17(15(3)4)20(16)25-12-11-23-22(25)18-9-6-10-19-21(18)26-13-24-19;/h5-8,10-15H,1-4H3;/q-1;. The van der Waals surface area contributed by atoms with Crippen molar-refractivity contribution in [2.75, 3.05) is 0 Å². The van der Waals surface area contributed by atoms with Crippen LogP contribution in [0.5, 0.6) is 0 Å². The van der Waals surface area contributed by atoms with Crippen LogP contribution >= 0.6 is 11.3 Å². The Labute approximate surface area is 177 Å². The van der Waals surface area contributed by atoms with Crippen molar-refractivity contribution in [3.63, 3.8) is 0 Å². The Morgan fingerprint density at radius 1 is 1.00 bits per heavy atom. The maximum Gasteiger partial charge on any atom is 0.0692 e. The van der Waals surface area contributed by atoms with Crippen LogP contribution in [0.1, 0.15) is 50.7 Å². The van der Waals surface area contributed by atoms with Gasteiger partial charge < -0.3 is 4.57 Å². The van der Waals surface area contributed by atoms with Crippen LogP contribution in [0, 0.1) is 6.07 Å². The van der Waals surface area contributed by atoms with Crippen LogP contribution < -0.4 is 0 Å². The second-order valence-electron chi connectivity index (χ2n) is 7.13. The maximum absolute atomic E-state index is 4.70. The van der Waals surface area contributed by atoms with Crippen LogP contribution in [0.2, 0.25) is 0 Å². The number of rotatable bonds is 4. The summed E-state index contributed by atoms with van der Waals surface area (Å²) in [5.41, 5.74) is 7.83. The largest absolute Gasteiger partial charge is 0.339 e. The topological polar surface area (TPSA) is 30.7 Å². The molecule has 0 atom stereocenters. The van der Waals surface area contributed by atoms with Crippen molar-refractivity contribution < 1.29 is 20.1 Å². The van der Waals surface area contributed by atoms with Gasteiger partial charge in [-0.05, 0) is 33.2 Å². The molecule has 0 spiro atoms. The van der Waals surface area contributed by atoms with Crippen molar-refractivity contribution in [2.24, 2.45) is 0 Å². The van der Waals surface area contributed by atoms with Gasteiger partial charge in [-0.3, -0.25) is 9.97 Å². The van der Waals surface area contributed by atoms with E-state index < -0.39 is 0 Å². The first kappa shape index (κ1) is 19.9. The molecular formula is C22H22IrN3S-. The number of fused-ring (bicyclic) bond motifs is 1. The van der Waals surface area contributed by atoms with Gasteiger partial charge in [0.2, 0.25) is 0 Å². The number of thiazole rings is 1. The zero-order valence-electron chi connectivity index (χ0n) is 15.9. The molecule has 0 aliphatic carbocycles. The zero-order chi connectivity index (χ0) is 18.3. The quantitative estimate of drug-likeness (QED) is 0.283. The van der Waals surface area contributed by atoms with E-state index in [1.807, 2.05) is 23.8 Å². The maximum atomic E-state index is 4.70. The van der Waals surface area contributed by atoms with Crippen LogP contribution in [-0.4, -0.2) is 14.5 Å². The third-order valence-electron chi connectivity index (χ3n) is 4.74. The second kappa shape index (κ2) is 8.05. The monoisotopic (exact) mass is 553 g/mol. The van der Waals surface area contributed by atoms with Crippen molar-refractivity contribution in [2.45, 2.75) is 39.5 Å². The SMILES string of the molecule is CC(C)c1cccc(C(C)C)c1-n1ccnc1-c1[c-]ccc2ncsc12.[Ir]. The Kier molecular flexibility index (Phi) is 5.95. The molecule has 4 rings (SSSR count). The van der Waals surface area contributed by atoms with Gasteiger partial charge in [-0.15, -0.1) is 18.2 Å². The molecule has 4 aromatic rings. The van der Waals surface area contributed by atoms with E-state index >= 15 is 0 Å². The van der Waals surface area contributed by atoms with Gasteiger partial charge in [0, 0.05) is 38.2 Å². The number of imidazole rings is 1. The summed E-state index contributed by atoms with van der Waals surface area (Å²) in [5.74, 6) is 1.79.